The van der Waals surface area contributed by atoms with Crippen LogP contribution in [0, 0.1) is 5.92 Å². The number of nitrogens with two attached hydrogens (primary N) is 1. The van der Waals surface area contributed by atoms with E-state index in [2.05, 4.69) is 27.7 Å². The Morgan fingerprint density at radius 2 is 1.29 bits per heavy atom. The number of unbranched alkanes of at least 4 members (excludes halogenated alkanes) is 7. The van der Waals surface area contributed by atoms with Gasteiger partial charge in [0.05, 0.1) is 0 Å². The Hall–Kier alpha value is -0.170. The van der Waals surface area contributed by atoms with Gasteiger partial charge in [0.15, 0.2) is 0 Å². The van der Waals surface area contributed by atoms with Gasteiger partial charge < -0.3 is 5.73 Å². The molecule has 0 amide bonds. The summed E-state index contributed by atoms with van der Waals surface area (Å²) in [6.07, 6.45) is 12.5. The van der Waals surface area contributed by atoms with Crippen molar-refractivity contribution >= 4 is 10.4 Å². The maximum Gasteiger partial charge on any atom is 0.394 e. The van der Waals surface area contributed by atoms with Gasteiger partial charge in [-0.25, -0.2) is 0 Å². The molecule has 0 aliphatic rings. The Bertz CT molecular complexity index is 315. The molecule has 4 N–H and O–H groups in total. The SMILES string of the molecule is CCCCCCCCCCC(C)C(C)(C)N.O=S(=O)(O)O. The molecule has 0 saturated carbocycles. The summed E-state index contributed by atoms with van der Waals surface area (Å²) >= 11 is 0. The zero-order valence-corrected chi connectivity index (χ0v) is 15.0. The topological polar surface area (TPSA) is 101 Å². The molecule has 1 atom stereocenters. The highest BCUT2D eigenvalue weighted by atomic mass is 32.3. The lowest BCUT2D eigenvalue weighted by Crippen LogP contribution is -2.39. The molecule has 0 bridgehead atoms. The van der Waals surface area contributed by atoms with Gasteiger partial charge in [0.1, 0.15) is 0 Å². The molecule has 0 aliphatic heterocycles. The van der Waals surface area contributed by atoms with E-state index >= 15 is 0 Å². The highest BCUT2D eigenvalue weighted by Gasteiger charge is 2.19. The minimum atomic E-state index is -4.67. The first-order valence-corrected chi connectivity index (χ1v) is 9.37. The van der Waals surface area contributed by atoms with Crippen molar-refractivity contribution in [3.63, 3.8) is 0 Å². The van der Waals surface area contributed by atoms with Crippen LogP contribution < -0.4 is 5.73 Å². The molecule has 0 aromatic heterocycles. The van der Waals surface area contributed by atoms with Crippen LogP contribution in [0.3, 0.4) is 0 Å². The molecule has 0 heterocycles. The summed E-state index contributed by atoms with van der Waals surface area (Å²) in [5.74, 6) is 0.646. The van der Waals surface area contributed by atoms with Crippen LogP contribution >= 0.6 is 0 Å². The number of hydrogen-bond donors (Lipinski definition) is 3. The molecule has 0 aliphatic carbocycles. The molecular formula is C15H35NO4S. The van der Waals surface area contributed by atoms with Gasteiger partial charge in [-0.15, -0.1) is 0 Å². The Kier molecular flexibility index (Phi) is 13.6. The molecule has 0 aromatic rings. The first-order valence-electron chi connectivity index (χ1n) is 7.97. The Balaban J connectivity index is 0. The van der Waals surface area contributed by atoms with Crippen LogP contribution in [0.25, 0.3) is 0 Å². The van der Waals surface area contributed by atoms with Crippen molar-refractivity contribution in [2.75, 3.05) is 0 Å². The second kappa shape index (κ2) is 12.4. The Labute approximate surface area is 131 Å². The van der Waals surface area contributed by atoms with Gasteiger partial charge in [0.2, 0.25) is 0 Å². The van der Waals surface area contributed by atoms with Crippen molar-refractivity contribution in [2.24, 2.45) is 11.7 Å². The Morgan fingerprint density at radius 3 is 1.62 bits per heavy atom. The fourth-order valence-electron chi connectivity index (χ4n) is 1.96. The largest absolute Gasteiger partial charge is 0.394 e. The summed E-state index contributed by atoms with van der Waals surface area (Å²) in [5, 5.41) is 0. The van der Waals surface area contributed by atoms with E-state index in [0.717, 1.165) is 0 Å². The van der Waals surface area contributed by atoms with Crippen LogP contribution in [0.4, 0.5) is 0 Å². The quantitative estimate of drug-likeness (QED) is 0.412. The molecule has 5 nitrogen and oxygen atoms in total. The average Bonchev–Trinajstić information content (AvgIpc) is 2.29. The monoisotopic (exact) mass is 325 g/mol. The predicted molar refractivity (Wildman–Crippen MR) is 88.8 cm³/mol. The minimum Gasteiger partial charge on any atom is -0.325 e. The molecule has 1 unspecified atom stereocenters. The fourth-order valence-corrected chi connectivity index (χ4v) is 1.96. The van der Waals surface area contributed by atoms with E-state index in [0.29, 0.717) is 5.92 Å². The molecule has 21 heavy (non-hydrogen) atoms. The molecule has 0 fully saturated rings. The maximum absolute atomic E-state index is 8.74. The molecule has 0 rings (SSSR count). The van der Waals surface area contributed by atoms with Gasteiger partial charge in [-0.2, -0.15) is 8.42 Å². The van der Waals surface area contributed by atoms with E-state index in [1.54, 1.807) is 0 Å². The predicted octanol–water partition coefficient (Wildman–Crippen LogP) is 4.24. The van der Waals surface area contributed by atoms with Gasteiger partial charge in [-0.3, -0.25) is 9.11 Å². The highest BCUT2D eigenvalue weighted by Crippen LogP contribution is 2.20. The lowest BCUT2D eigenvalue weighted by atomic mass is 9.86. The van der Waals surface area contributed by atoms with E-state index in [9.17, 15) is 0 Å². The van der Waals surface area contributed by atoms with Gasteiger partial charge in [0, 0.05) is 5.54 Å². The zero-order valence-electron chi connectivity index (χ0n) is 14.1. The lowest BCUT2D eigenvalue weighted by Gasteiger charge is -2.27. The van der Waals surface area contributed by atoms with E-state index in [-0.39, 0.29) is 5.54 Å². The summed E-state index contributed by atoms with van der Waals surface area (Å²) in [6.45, 7) is 8.84. The highest BCUT2D eigenvalue weighted by molar-refractivity contribution is 7.79. The first-order chi connectivity index (χ1) is 9.48. The van der Waals surface area contributed by atoms with Crippen LogP contribution in [-0.2, 0) is 10.4 Å². The van der Waals surface area contributed by atoms with Crippen molar-refractivity contribution in [1.82, 2.24) is 0 Å². The van der Waals surface area contributed by atoms with E-state index in [1.807, 2.05) is 0 Å². The van der Waals surface area contributed by atoms with Crippen molar-refractivity contribution in [2.45, 2.75) is 91.0 Å². The number of rotatable bonds is 10. The second-order valence-electron chi connectivity index (χ2n) is 6.43. The van der Waals surface area contributed by atoms with Crippen LogP contribution in [-0.4, -0.2) is 23.1 Å². The average molecular weight is 326 g/mol. The van der Waals surface area contributed by atoms with Crippen molar-refractivity contribution < 1.29 is 17.5 Å². The van der Waals surface area contributed by atoms with Crippen molar-refractivity contribution in [1.29, 1.82) is 0 Å². The molecule has 0 spiro atoms. The summed E-state index contributed by atoms with van der Waals surface area (Å²) in [6, 6.07) is 0. The summed E-state index contributed by atoms with van der Waals surface area (Å²) in [5.41, 5.74) is 6.08. The lowest BCUT2D eigenvalue weighted by molar-refractivity contribution is 0.316. The van der Waals surface area contributed by atoms with Crippen LogP contribution in [0.15, 0.2) is 0 Å². The van der Waals surface area contributed by atoms with Crippen molar-refractivity contribution in [3.05, 3.63) is 0 Å². The summed E-state index contributed by atoms with van der Waals surface area (Å²) in [7, 11) is -4.67. The smallest absolute Gasteiger partial charge is 0.325 e. The number of hydrogen-bond acceptors (Lipinski definition) is 3. The minimum absolute atomic E-state index is 0.00112. The van der Waals surface area contributed by atoms with E-state index in [1.165, 1.54) is 57.8 Å². The molecule has 0 aromatic carbocycles. The van der Waals surface area contributed by atoms with Crippen LogP contribution in [0.5, 0.6) is 0 Å². The Morgan fingerprint density at radius 1 is 0.952 bits per heavy atom. The summed E-state index contributed by atoms with van der Waals surface area (Å²) in [4.78, 5) is 0. The third-order valence-corrected chi connectivity index (χ3v) is 3.76. The van der Waals surface area contributed by atoms with Crippen LogP contribution in [0.2, 0.25) is 0 Å². The zero-order chi connectivity index (χ0) is 16.9. The van der Waals surface area contributed by atoms with Crippen LogP contribution in [0.1, 0.15) is 85.5 Å². The third kappa shape index (κ3) is 25.2. The second-order valence-corrected chi connectivity index (χ2v) is 7.33. The maximum atomic E-state index is 8.74. The standard InChI is InChI=1S/C15H33N.H2O4S/c1-5-6-7-8-9-10-11-12-13-14(2)15(3,4)16;1-5(2,3)4/h14H,5-13,16H2,1-4H3;(H2,1,2,3,4). The molecule has 0 radical (unpaired) electrons. The summed E-state index contributed by atoms with van der Waals surface area (Å²) < 4.78 is 31.6. The third-order valence-electron chi connectivity index (χ3n) is 3.76. The van der Waals surface area contributed by atoms with E-state index in [4.69, 9.17) is 23.3 Å². The van der Waals surface area contributed by atoms with Gasteiger partial charge in [-0.1, -0.05) is 65.2 Å². The fraction of sp³-hybridized carbons (Fsp3) is 1.00. The molecule has 6 heteroatoms. The molecule has 0 saturated heterocycles. The molecule has 130 valence electrons. The molecular weight excluding hydrogens is 290 g/mol. The first kappa shape index (κ1) is 23.1. The van der Waals surface area contributed by atoms with Gasteiger partial charge in [0.25, 0.3) is 0 Å². The van der Waals surface area contributed by atoms with Gasteiger partial charge >= 0.3 is 10.4 Å². The normalized spacial score (nSPS) is 13.5. The van der Waals surface area contributed by atoms with Crippen molar-refractivity contribution in [3.8, 4) is 0 Å². The van der Waals surface area contributed by atoms with E-state index < -0.39 is 10.4 Å². The van der Waals surface area contributed by atoms with Gasteiger partial charge in [-0.05, 0) is 26.2 Å².